The van der Waals surface area contributed by atoms with Crippen LogP contribution in [0, 0.1) is 6.92 Å². The summed E-state index contributed by atoms with van der Waals surface area (Å²) in [5, 5.41) is 19.0. The number of nitrogens with zero attached hydrogens (tertiary/aromatic N) is 4. The zero-order valence-corrected chi connectivity index (χ0v) is 10.8. The van der Waals surface area contributed by atoms with Crippen molar-refractivity contribution in [3.8, 4) is 0 Å². The first-order chi connectivity index (χ1) is 8.00. The zero-order chi connectivity index (χ0) is 12.6. The minimum Gasteiger partial charge on any atom is -0.386 e. The van der Waals surface area contributed by atoms with E-state index in [2.05, 4.69) is 10.2 Å². The Morgan fingerprint density at radius 2 is 2.12 bits per heavy atom. The van der Waals surface area contributed by atoms with Gasteiger partial charge in [-0.3, -0.25) is 9.36 Å². The average Bonchev–Trinajstić information content (AvgIpc) is 2.78. The molecule has 0 amide bonds. The number of aliphatic hydroxyl groups excluding tert-OH is 1. The summed E-state index contributed by atoms with van der Waals surface area (Å²) in [5.74, 6) is 0. The fraction of sp³-hybridized carbons (Fsp3) is 0.455. The number of aryl methyl sites for hydroxylation is 3. The van der Waals surface area contributed by atoms with E-state index < -0.39 is 6.10 Å². The first-order valence-electron chi connectivity index (χ1n) is 5.34. The fourth-order valence-corrected chi connectivity index (χ4v) is 2.17. The largest absolute Gasteiger partial charge is 0.386 e. The second-order valence-corrected chi connectivity index (χ2v) is 4.44. The molecule has 0 saturated heterocycles. The Kier molecular flexibility index (Phi) is 3.22. The predicted molar refractivity (Wildman–Crippen MR) is 64.8 cm³/mol. The van der Waals surface area contributed by atoms with Gasteiger partial charge >= 0.3 is 0 Å². The molecule has 2 heterocycles. The summed E-state index contributed by atoms with van der Waals surface area (Å²) in [5.41, 5.74) is 2.49. The van der Waals surface area contributed by atoms with Gasteiger partial charge in [0.2, 0.25) is 0 Å². The molecular weight excluding hydrogens is 240 g/mol. The fourth-order valence-electron chi connectivity index (χ4n) is 1.91. The molecule has 0 saturated carbocycles. The van der Waals surface area contributed by atoms with Gasteiger partial charge in [0, 0.05) is 32.3 Å². The predicted octanol–water partition coefficient (Wildman–Crippen LogP) is 1.39. The molecule has 6 heteroatoms. The maximum atomic E-state index is 10.1. The summed E-state index contributed by atoms with van der Waals surface area (Å²) < 4.78 is 3.27. The van der Waals surface area contributed by atoms with E-state index in [0.29, 0.717) is 11.6 Å². The van der Waals surface area contributed by atoms with Gasteiger partial charge < -0.3 is 5.11 Å². The van der Waals surface area contributed by atoms with Gasteiger partial charge in [-0.05, 0) is 13.0 Å². The van der Waals surface area contributed by atoms with E-state index >= 15 is 0 Å². The Labute approximate surface area is 105 Å². The van der Waals surface area contributed by atoms with Gasteiger partial charge in [-0.2, -0.15) is 10.2 Å². The summed E-state index contributed by atoms with van der Waals surface area (Å²) >= 11 is 6.13. The van der Waals surface area contributed by atoms with Gasteiger partial charge in [-0.25, -0.2) is 0 Å². The number of hydrogen-bond acceptors (Lipinski definition) is 3. The third kappa shape index (κ3) is 2.21. The summed E-state index contributed by atoms with van der Waals surface area (Å²) in [4.78, 5) is 0. The molecule has 0 aliphatic rings. The van der Waals surface area contributed by atoms with Crippen molar-refractivity contribution in [2.45, 2.75) is 19.4 Å². The van der Waals surface area contributed by atoms with Crippen molar-refractivity contribution in [2.75, 3.05) is 0 Å². The maximum absolute atomic E-state index is 10.1. The quantitative estimate of drug-likeness (QED) is 0.901. The second-order valence-electron chi connectivity index (χ2n) is 4.08. The Balaban J connectivity index is 2.24. The highest BCUT2D eigenvalue weighted by Gasteiger charge is 2.18. The highest BCUT2D eigenvalue weighted by Crippen LogP contribution is 2.25. The molecule has 1 N–H and O–H groups in total. The SMILES string of the molecule is Cc1nn(C)c(Cl)c1CC(O)c1ccnn1C. The Morgan fingerprint density at radius 3 is 2.59 bits per heavy atom. The normalized spacial score (nSPS) is 13.0. The Bertz CT molecular complexity index is 532. The molecule has 2 aromatic heterocycles. The van der Waals surface area contributed by atoms with Crippen molar-refractivity contribution in [2.24, 2.45) is 14.1 Å². The molecule has 92 valence electrons. The molecular formula is C11H15ClN4O. The molecule has 0 aromatic carbocycles. The lowest BCUT2D eigenvalue weighted by Gasteiger charge is -2.10. The smallest absolute Gasteiger partial charge is 0.130 e. The summed E-state index contributed by atoms with van der Waals surface area (Å²) in [6.45, 7) is 1.89. The van der Waals surface area contributed by atoms with Crippen LogP contribution in [-0.4, -0.2) is 24.7 Å². The first kappa shape index (κ1) is 12.1. The van der Waals surface area contributed by atoms with Gasteiger partial charge in [0.15, 0.2) is 0 Å². The van der Waals surface area contributed by atoms with E-state index in [1.54, 1.807) is 35.7 Å². The van der Waals surface area contributed by atoms with E-state index in [-0.39, 0.29) is 0 Å². The number of halogens is 1. The van der Waals surface area contributed by atoms with Crippen LogP contribution < -0.4 is 0 Å². The maximum Gasteiger partial charge on any atom is 0.130 e. The molecule has 0 aliphatic heterocycles. The van der Waals surface area contributed by atoms with Crippen molar-refractivity contribution >= 4 is 11.6 Å². The standard InChI is InChI=1S/C11H15ClN4O/c1-7-8(11(12)16(3)14-7)6-10(17)9-4-5-13-15(9)2/h4-5,10,17H,6H2,1-3H3. The van der Waals surface area contributed by atoms with Crippen LogP contribution in [0.3, 0.4) is 0 Å². The lowest BCUT2D eigenvalue weighted by molar-refractivity contribution is 0.168. The molecule has 5 nitrogen and oxygen atoms in total. The molecule has 0 aliphatic carbocycles. The summed E-state index contributed by atoms with van der Waals surface area (Å²) in [6.07, 6.45) is 1.48. The van der Waals surface area contributed by atoms with Crippen LogP contribution in [0.4, 0.5) is 0 Å². The molecule has 0 radical (unpaired) electrons. The van der Waals surface area contributed by atoms with Crippen molar-refractivity contribution in [1.82, 2.24) is 19.6 Å². The molecule has 17 heavy (non-hydrogen) atoms. The van der Waals surface area contributed by atoms with Crippen LogP contribution in [0.2, 0.25) is 5.15 Å². The van der Waals surface area contributed by atoms with Crippen molar-refractivity contribution < 1.29 is 5.11 Å². The molecule has 0 spiro atoms. The highest BCUT2D eigenvalue weighted by molar-refractivity contribution is 6.30. The van der Waals surface area contributed by atoms with Crippen LogP contribution in [0.15, 0.2) is 12.3 Å². The Morgan fingerprint density at radius 1 is 1.41 bits per heavy atom. The third-order valence-corrected chi connectivity index (χ3v) is 3.34. The lowest BCUT2D eigenvalue weighted by Crippen LogP contribution is -2.08. The third-order valence-electron chi connectivity index (χ3n) is 2.87. The van der Waals surface area contributed by atoms with Crippen LogP contribution in [0.25, 0.3) is 0 Å². The molecule has 0 bridgehead atoms. The van der Waals surface area contributed by atoms with Crippen LogP contribution in [0.1, 0.15) is 23.1 Å². The molecule has 2 rings (SSSR count). The minimum absolute atomic E-state index is 0.443. The molecule has 0 fully saturated rings. The highest BCUT2D eigenvalue weighted by atomic mass is 35.5. The number of hydrogen-bond donors (Lipinski definition) is 1. The topological polar surface area (TPSA) is 55.9 Å². The zero-order valence-electron chi connectivity index (χ0n) is 10.1. The molecule has 1 atom stereocenters. The number of rotatable bonds is 3. The van der Waals surface area contributed by atoms with Crippen LogP contribution in [-0.2, 0) is 20.5 Å². The van der Waals surface area contributed by atoms with E-state index in [0.717, 1.165) is 17.0 Å². The van der Waals surface area contributed by atoms with E-state index in [1.165, 1.54) is 0 Å². The summed E-state index contributed by atoms with van der Waals surface area (Å²) in [6, 6.07) is 1.80. The number of aliphatic hydroxyl groups is 1. The summed E-state index contributed by atoms with van der Waals surface area (Å²) in [7, 11) is 3.59. The molecule has 1 unspecified atom stereocenters. The van der Waals surface area contributed by atoms with E-state index in [1.807, 2.05) is 6.92 Å². The van der Waals surface area contributed by atoms with Gasteiger partial charge in [-0.15, -0.1) is 0 Å². The second kappa shape index (κ2) is 4.50. The van der Waals surface area contributed by atoms with Gasteiger partial charge in [0.25, 0.3) is 0 Å². The van der Waals surface area contributed by atoms with Crippen LogP contribution >= 0.6 is 11.6 Å². The van der Waals surface area contributed by atoms with Gasteiger partial charge in [-0.1, -0.05) is 11.6 Å². The van der Waals surface area contributed by atoms with E-state index in [4.69, 9.17) is 11.6 Å². The average molecular weight is 255 g/mol. The monoisotopic (exact) mass is 254 g/mol. The molecule has 2 aromatic rings. The minimum atomic E-state index is -0.622. The Hall–Kier alpha value is -1.33. The van der Waals surface area contributed by atoms with Gasteiger partial charge in [0.1, 0.15) is 5.15 Å². The van der Waals surface area contributed by atoms with Gasteiger partial charge in [0.05, 0.1) is 17.5 Å². The lowest BCUT2D eigenvalue weighted by atomic mass is 10.1. The van der Waals surface area contributed by atoms with Crippen molar-refractivity contribution in [3.63, 3.8) is 0 Å². The first-order valence-corrected chi connectivity index (χ1v) is 5.72. The van der Waals surface area contributed by atoms with Crippen LogP contribution in [0.5, 0.6) is 0 Å². The van der Waals surface area contributed by atoms with E-state index in [9.17, 15) is 5.11 Å². The number of aromatic nitrogens is 4. The van der Waals surface area contributed by atoms with Crippen molar-refractivity contribution in [3.05, 3.63) is 34.4 Å². The van der Waals surface area contributed by atoms with Crippen molar-refractivity contribution in [1.29, 1.82) is 0 Å².